The highest BCUT2D eigenvalue weighted by molar-refractivity contribution is 6.74. The number of rotatable bonds is 19. The Morgan fingerprint density at radius 1 is 0.778 bits per heavy atom. The molecule has 36 heavy (non-hydrogen) atoms. The maximum absolute atomic E-state index is 11.9. The topological polar surface area (TPSA) is 44.8 Å². The van der Waals surface area contributed by atoms with Gasteiger partial charge in [-0.15, -0.1) is 0 Å². The van der Waals surface area contributed by atoms with Gasteiger partial charge in [0.05, 0.1) is 12.2 Å². The van der Waals surface area contributed by atoms with Gasteiger partial charge in [0.2, 0.25) is 0 Å². The molecule has 0 unspecified atom stereocenters. The highest BCUT2D eigenvalue weighted by Crippen LogP contribution is 2.37. The number of hydrogen-bond acceptors (Lipinski definition) is 4. The van der Waals surface area contributed by atoms with Crippen molar-refractivity contribution in [2.75, 3.05) is 0 Å². The molecule has 3 atom stereocenters. The van der Waals surface area contributed by atoms with Crippen LogP contribution in [0.25, 0.3) is 0 Å². The molecular weight excluding hydrogens is 480 g/mol. The highest BCUT2D eigenvalue weighted by Gasteiger charge is 2.42. The minimum atomic E-state index is -1.87. The van der Waals surface area contributed by atoms with Crippen LogP contribution in [0.4, 0.5) is 0 Å². The zero-order chi connectivity index (χ0) is 27.0. The zero-order valence-electron chi connectivity index (χ0n) is 25.2. The van der Waals surface area contributed by atoms with E-state index in [4.69, 9.17) is 13.6 Å². The first kappa shape index (κ1) is 33.6. The smallest absolute Gasteiger partial charge is 0.303 e. The summed E-state index contributed by atoms with van der Waals surface area (Å²) in [4.78, 5) is 11.9. The Balaban J connectivity index is 3.44. The van der Waals surface area contributed by atoms with Crippen LogP contribution in [0.2, 0.25) is 36.3 Å². The van der Waals surface area contributed by atoms with Crippen molar-refractivity contribution in [3.8, 4) is 0 Å². The largest absolute Gasteiger partial charge is 0.458 e. The molecular formula is C30H60O4Si2. The number of carbonyl (C=O) groups is 1. The molecule has 0 N–H and O–H groups in total. The van der Waals surface area contributed by atoms with Crippen molar-refractivity contribution in [3.05, 3.63) is 12.2 Å². The number of unbranched alkanes of at least 4 members (excludes halogenated alkanes) is 2. The van der Waals surface area contributed by atoms with Gasteiger partial charge in [0.25, 0.3) is 0 Å². The predicted octanol–water partition coefficient (Wildman–Crippen LogP) is 9.42. The SMILES string of the molecule is CCCCC[C@H](/C=C/[C@@H](O[Si](CC)(CC)CC)[C@H](O[Si](CC)(CC)CC)C1CCCCC1)OC(C)=O. The van der Waals surface area contributed by atoms with Gasteiger partial charge in [-0.25, -0.2) is 0 Å². The van der Waals surface area contributed by atoms with Gasteiger partial charge in [-0.3, -0.25) is 4.79 Å². The van der Waals surface area contributed by atoms with Gasteiger partial charge < -0.3 is 13.6 Å². The summed E-state index contributed by atoms with van der Waals surface area (Å²) in [5.41, 5.74) is 0. The Morgan fingerprint density at radius 2 is 1.31 bits per heavy atom. The number of hydrogen-bond donors (Lipinski definition) is 0. The van der Waals surface area contributed by atoms with Crippen LogP contribution >= 0.6 is 0 Å². The number of carbonyl (C=O) groups excluding carboxylic acids is 1. The molecule has 0 spiro atoms. The molecule has 4 nitrogen and oxygen atoms in total. The summed E-state index contributed by atoms with van der Waals surface area (Å²) in [5, 5.41) is 0. The van der Waals surface area contributed by atoms with Gasteiger partial charge in [-0.1, -0.05) is 86.6 Å². The van der Waals surface area contributed by atoms with Crippen LogP contribution in [0.1, 0.15) is 113 Å². The van der Waals surface area contributed by atoms with E-state index < -0.39 is 16.6 Å². The molecule has 0 aromatic rings. The first-order valence-corrected chi connectivity index (χ1v) is 20.5. The third-order valence-electron chi connectivity index (χ3n) is 9.00. The van der Waals surface area contributed by atoms with Crippen molar-refractivity contribution in [1.29, 1.82) is 0 Å². The second-order valence-corrected chi connectivity index (χ2v) is 20.5. The molecule has 1 saturated carbocycles. The Kier molecular flexibility index (Phi) is 16.8. The molecule has 1 rings (SSSR count). The van der Waals surface area contributed by atoms with Crippen LogP contribution in [0.3, 0.4) is 0 Å². The Morgan fingerprint density at radius 3 is 1.78 bits per heavy atom. The van der Waals surface area contributed by atoms with Gasteiger partial charge in [0.1, 0.15) is 6.10 Å². The lowest BCUT2D eigenvalue weighted by Crippen LogP contribution is -2.51. The molecule has 212 valence electrons. The van der Waals surface area contributed by atoms with E-state index in [0.29, 0.717) is 5.92 Å². The fourth-order valence-electron chi connectivity index (χ4n) is 5.92. The summed E-state index contributed by atoms with van der Waals surface area (Å²) in [6.45, 7) is 17.7. The molecule has 0 radical (unpaired) electrons. The highest BCUT2D eigenvalue weighted by atomic mass is 28.4. The van der Waals surface area contributed by atoms with E-state index in [-0.39, 0.29) is 24.3 Å². The number of ether oxygens (including phenoxy) is 1. The predicted molar refractivity (Wildman–Crippen MR) is 160 cm³/mol. The molecule has 6 heteroatoms. The Labute approximate surface area is 226 Å². The molecule has 1 aliphatic rings. The van der Waals surface area contributed by atoms with E-state index in [1.165, 1.54) is 39.0 Å². The van der Waals surface area contributed by atoms with Crippen LogP contribution in [0.15, 0.2) is 12.2 Å². The van der Waals surface area contributed by atoms with Crippen molar-refractivity contribution in [2.24, 2.45) is 5.92 Å². The van der Waals surface area contributed by atoms with Gasteiger partial charge >= 0.3 is 5.97 Å². The van der Waals surface area contributed by atoms with Crippen LogP contribution in [-0.4, -0.2) is 40.9 Å². The zero-order valence-corrected chi connectivity index (χ0v) is 27.2. The van der Waals surface area contributed by atoms with Crippen molar-refractivity contribution < 1.29 is 18.4 Å². The van der Waals surface area contributed by atoms with E-state index in [2.05, 4.69) is 60.6 Å². The minimum Gasteiger partial charge on any atom is -0.458 e. The lowest BCUT2D eigenvalue weighted by molar-refractivity contribution is -0.144. The van der Waals surface area contributed by atoms with Gasteiger partial charge in [0.15, 0.2) is 16.6 Å². The molecule has 0 bridgehead atoms. The molecule has 0 heterocycles. The number of esters is 1. The average Bonchev–Trinajstić information content (AvgIpc) is 2.91. The summed E-state index contributed by atoms with van der Waals surface area (Å²) >= 11 is 0. The Bertz CT molecular complexity index is 594. The first-order valence-electron chi connectivity index (χ1n) is 15.5. The fourth-order valence-corrected chi connectivity index (χ4v) is 11.6. The molecule has 0 aromatic heterocycles. The summed E-state index contributed by atoms with van der Waals surface area (Å²) in [5.74, 6) is 0.349. The lowest BCUT2D eigenvalue weighted by atomic mass is 9.83. The minimum absolute atomic E-state index is 0.0552. The third-order valence-corrected chi connectivity index (χ3v) is 18.3. The van der Waals surface area contributed by atoms with E-state index in [9.17, 15) is 4.79 Å². The van der Waals surface area contributed by atoms with Crippen molar-refractivity contribution in [2.45, 2.75) is 168 Å². The van der Waals surface area contributed by atoms with E-state index >= 15 is 0 Å². The Hall–Kier alpha value is -0.436. The van der Waals surface area contributed by atoms with Crippen LogP contribution < -0.4 is 0 Å². The average molecular weight is 541 g/mol. The fraction of sp³-hybridized carbons (Fsp3) is 0.900. The molecule has 1 fully saturated rings. The second kappa shape index (κ2) is 18.0. The normalized spacial score (nSPS) is 18.3. The van der Waals surface area contributed by atoms with E-state index in [1.54, 1.807) is 0 Å². The quantitative estimate of drug-likeness (QED) is 0.0708. The molecule has 0 aliphatic heterocycles. The first-order chi connectivity index (χ1) is 17.3. The van der Waals surface area contributed by atoms with Crippen molar-refractivity contribution >= 4 is 22.6 Å². The summed E-state index contributed by atoms with van der Waals surface area (Å²) in [7, 11) is -3.70. The van der Waals surface area contributed by atoms with E-state index in [1.807, 2.05) is 0 Å². The summed E-state index contributed by atoms with van der Waals surface area (Å²) in [6.07, 6.45) is 15.0. The standard InChI is InChI=1S/C30H60O4Si2/c1-9-16-18-23-28(32-26(8)31)24-25-29(33-35(10-2,11-3)12-4)30(27-21-19-17-20-22-27)34-36(13-5,14-6)15-7/h24-25,27-30H,9-23H2,1-8H3/b25-24+/t28-,29-,30-/m1/s1. The summed E-state index contributed by atoms with van der Waals surface area (Å²) < 4.78 is 20.4. The third kappa shape index (κ3) is 10.7. The second-order valence-electron chi connectivity index (χ2n) is 11.1. The van der Waals surface area contributed by atoms with Gasteiger partial charge in [-0.2, -0.15) is 0 Å². The van der Waals surface area contributed by atoms with Crippen LogP contribution in [0.5, 0.6) is 0 Å². The van der Waals surface area contributed by atoms with Crippen molar-refractivity contribution in [3.63, 3.8) is 0 Å². The van der Waals surface area contributed by atoms with Crippen molar-refractivity contribution in [1.82, 2.24) is 0 Å². The van der Waals surface area contributed by atoms with Crippen LogP contribution in [-0.2, 0) is 18.4 Å². The van der Waals surface area contributed by atoms with Gasteiger partial charge in [-0.05, 0) is 73.9 Å². The van der Waals surface area contributed by atoms with E-state index in [0.717, 1.165) is 61.9 Å². The molecule has 0 amide bonds. The van der Waals surface area contributed by atoms with Crippen LogP contribution in [0, 0.1) is 5.92 Å². The summed E-state index contributed by atoms with van der Waals surface area (Å²) in [6, 6.07) is 6.86. The monoisotopic (exact) mass is 540 g/mol. The molecule has 1 aliphatic carbocycles. The maximum Gasteiger partial charge on any atom is 0.303 e. The molecule has 0 saturated heterocycles. The van der Waals surface area contributed by atoms with Gasteiger partial charge in [0, 0.05) is 6.92 Å². The molecule has 0 aromatic carbocycles. The maximum atomic E-state index is 11.9. The lowest BCUT2D eigenvalue weighted by Gasteiger charge is -2.44.